The minimum atomic E-state index is -0.146. The maximum absolute atomic E-state index is 5.06. The quantitative estimate of drug-likeness (QED) is 0.159. The summed E-state index contributed by atoms with van der Waals surface area (Å²) in [6.07, 6.45) is 10.3. The van der Waals surface area contributed by atoms with Crippen molar-refractivity contribution in [1.82, 2.24) is 34.5 Å². The van der Waals surface area contributed by atoms with Gasteiger partial charge in [-0.15, -0.1) is 0 Å². The van der Waals surface area contributed by atoms with E-state index in [4.69, 9.17) is 9.97 Å². The molecule has 6 aromatic carbocycles. The molecule has 11 aromatic rings. The molecule has 1 aliphatic rings. The Morgan fingerprint density at radius 2 is 0.859 bits per heavy atom. The van der Waals surface area contributed by atoms with E-state index in [-0.39, 0.29) is 5.41 Å². The normalized spacial score (nSPS) is 12.7. The van der Waals surface area contributed by atoms with E-state index in [1.165, 1.54) is 51.2 Å². The van der Waals surface area contributed by atoms with Gasteiger partial charge in [0.05, 0.1) is 33.8 Å². The molecule has 0 saturated heterocycles. The highest BCUT2D eigenvalue weighted by Gasteiger charge is 2.36. The van der Waals surface area contributed by atoms with Crippen LogP contribution in [0.4, 0.5) is 0 Å². The van der Waals surface area contributed by atoms with Gasteiger partial charge in [-0.3, -0.25) is 0 Å². The fourth-order valence-electron chi connectivity index (χ4n) is 9.61. The summed E-state index contributed by atoms with van der Waals surface area (Å²) in [5, 5.41) is 2.46. The molecule has 0 bridgehead atoms. The smallest absolute Gasteiger partial charge is 0.115 e. The van der Waals surface area contributed by atoms with E-state index in [0.717, 1.165) is 78.5 Å². The zero-order chi connectivity index (χ0) is 42.8. The van der Waals surface area contributed by atoms with Gasteiger partial charge in [-0.1, -0.05) is 105 Å². The van der Waals surface area contributed by atoms with E-state index in [9.17, 15) is 0 Å². The van der Waals surface area contributed by atoms with Gasteiger partial charge in [0.15, 0.2) is 0 Å². The molecule has 0 saturated carbocycles. The van der Waals surface area contributed by atoms with Crippen LogP contribution in [0.2, 0.25) is 0 Å². The summed E-state index contributed by atoms with van der Waals surface area (Å²) in [4.78, 5) is 27.0. The van der Waals surface area contributed by atoms with Gasteiger partial charge in [-0.2, -0.15) is 0 Å². The number of benzene rings is 6. The van der Waals surface area contributed by atoms with Crippen LogP contribution >= 0.6 is 0 Å². The first-order valence-corrected chi connectivity index (χ1v) is 21.5. The lowest BCUT2D eigenvalue weighted by molar-refractivity contribution is 0.661. The topological polar surface area (TPSA) is 82.3 Å². The maximum atomic E-state index is 5.06. The van der Waals surface area contributed by atoms with Crippen molar-refractivity contribution in [3.8, 4) is 84.1 Å². The first-order valence-electron chi connectivity index (χ1n) is 21.5. The molecule has 0 amide bonds. The highest BCUT2D eigenvalue weighted by Crippen LogP contribution is 2.51. The third-order valence-electron chi connectivity index (χ3n) is 12.7. The molecule has 64 heavy (non-hydrogen) atoms. The monoisotopic (exact) mass is 821 g/mol. The molecule has 1 aliphatic carbocycles. The van der Waals surface area contributed by atoms with Gasteiger partial charge in [-0.25, -0.2) is 29.9 Å². The number of aromatic nitrogens is 7. The third kappa shape index (κ3) is 6.28. The molecule has 0 unspecified atom stereocenters. The van der Waals surface area contributed by atoms with Crippen molar-refractivity contribution >= 4 is 21.8 Å². The number of rotatable bonds is 7. The van der Waals surface area contributed by atoms with E-state index >= 15 is 0 Å². The molecular weight excluding hydrogens is 783 g/mol. The lowest BCUT2D eigenvalue weighted by atomic mass is 9.82. The Balaban J connectivity index is 1.06. The first kappa shape index (κ1) is 37.4. The lowest BCUT2D eigenvalue weighted by Gasteiger charge is -2.22. The van der Waals surface area contributed by atoms with Gasteiger partial charge in [-0.05, 0) is 117 Å². The van der Waals surface area contributed by atoms with Crippen LogP contribution in [-0.2, 0) is 5.41 Å². The van der Waals surface area contributed by atoms with E-state index in [1.807, 2.05) is 24.3 Å². The largest absolute Gasteiger partial charge is 0.309 e. The standard InChI is InChI=1S/C57H39N7/c1-57(2)49-17-5-3-15-45(49)47-28-48-46-16-4-6-22-55(46)64(56(48)29-50(47)57)44-26-40(36-11-7-13-38(23-36)51-18-9-20-53(62-51)42-30-58-34-59-31-42)25-41(27-44)37-12-8-14-39(24-37)52-19-10-21-54(63-52)43-32-60-35-61-33-43/h3-35H,1-2H3. The summed E-state index contributed by atoms with van der Waals surface area (Å²) in [6.45, 7) is 4.71. The van der Waals surface area contributed by atoms with Gasteiger partial charge >= 0.3 is 0 Å². The van der Waals surface area contributed by atoms with Crippen molar-refractivity contribution in [2.45, 2.75) is 19.3 Å². The first-order chi connectivity index (χ1) is 31.5. The summed E-state index contributed by atoms with van der Waals surface area (Å²) in [7, 11) is 0. The third-order valence-corrected chi connectivity index (χ3v) is 12.7. The van der Waals surface area contributed by atoms with Gasteiger partial charge in [0.1, 0.15) is 12.7 Å². The summed E-state index contributed by atoms with van der Waals surface area (Å²) >= 11 is 0. The maximum Gasteiger partial charge on any atom is 0.115 e. The molecule has 0 aliphatic heterocycles. The van der Waals surface area contributed by atoms with Gasteiger partial charge in [0.2, 0.25) is 0 Å². The number of fused-ring (bicyclic) bond motifs is 6. The average molecular weight is 822 g/mol. The summed E-state index contributed by atoms with van der Waals surface area (Å²) in [5.41, 5.74) is 20.2. The Morgan fingerprint density at radius 3 is 1.47 bits per heavy atom. The van der Waals surface area contributed by atoms with Crippen LogP contribution in [-0.4, -0.2) is 34.5 Å². The zero-order valence-corrected chi connectivity index (χ0v) is 35.2. The molecule has 0 spiro atoms. The Morgan fingerprint density at radius 1 is 0.359 bits per heavy atom. The minimum Gasteiger partial charge on any atom is -0.309 e. The summed E-state index contributed by atoms with van der Waals surface area (Å²) in [6, 6.07) is 59.1. The fourth-order valence-corrected chi connectivity index (χ4v) is 9.61. The average Bonchev–Trinajstić information content (AvgIpc) is 3.81. The number of hydrogen-bond donors (Lipinski definition) is 0. The van der Waals surface area contributed by atoms with Crippen LogP contribution in [0, 0.1) is 0 Å². The number of nitrogens with zero attached hydrogens (tertiary/aromatic N) is 7. The van der Waals surface area contributed by atoms with E-state index < -0.39 is 0 Å². The van der Waals surface area contributed by atoms with E-state index in [1.54, 1.807) is 24.8 Å². The van der Waals surface area contributed by atoms with Crippen LogP contribution in [0.25, 0.3) is 106 Å². The van der Waals surface area contributed by atoms with Gasteiger partial charge in [0, 0.05) is 68.9 Å². The van der Waals surface area contributed by atoms with E-state index in [2.05, 4.69) is 178 Å². The summed E-state index contributed by atoms with van der Waals surface area (Å²) in [5.74, 6) is 0. The van der Waals surface area contributed by atoms with Crippen molar-refractivity contribution in [2.75, 3.05) is 0 Å². The number of para-hydroxylation sites is 1. The molecule has 0 fully saturated rings. The second-order valence-electron chi connectivity index (χ2n) is 16.9. The molecule has 0 radical (unpaired) electrons. The molecular formula is C57H39N7. The molecule has 7 nitrogen and oxygen atoms in total. The van der Waals surface area contributed by atoms with E-state index in [0.29, 0.717) is 0 Å². The van der Waals surface area contributed by atoms with Crippen molar-refractivity contribution in [2.24, 2.45) is 0 Å². The van der Waals surface area contributed by atoms with Crippen molar-refractivity contribution in [3.05, 3.63) is 212 Å². The Bertz CT molecular complexity index is 3450. The van der Waals surface area contributed by atoms with Crippen molar-refractivity contribution in [3.63, 3.8) is 0 Å². The highest BCUT2D eigenvalue weighted by atomic mass is 15.0. The predicted octanol–water partition coefficient (Wildman–Crippen LogP) is 13.5. The molecule has 0 N–H and O–H groups in total. The second kappa shape index (κ2) is 14.9. The molecule has 12 rings (SSSR count). The van der Waals surface area contributed by atoms with Crippen LogP contribution in [0.5, 0.6) is 0 Å². The molecule has 5 aromatic heterocycles. The minimum absolute atomic E-state index is 0.146. The predicted molar refractivity (Wildman–Crippen MR) is 258 cm³/mol. The molecule has 5 heterocycles. The SMILES string of the molecule is CC1(C)c2ccccc2-c2cc3c4ccccc4n(-c4cc(-c5cccc(-c6cccc(-c7cncnc7)n6)c5)cc(-c5cccc(-c6cccc(-c7cncnc7)n6)c5)c4)c3cc21. The Hall–Kier alpha value is -8.42. The van der Waals surface area contributed by atoms with Crippen LogP contribution in [0.15, 0.2) is 201 Å². The Kier molecular flexibility index (Phi) is 8.69. The fraction of sp³-hybridized carbons (Fsp3) is 0.0526. The van der Waals surface area contributed by atoms with Gasteiger partial charge in [0.25, 0.3) is 0 Å². The number of pyridine rings is 2. The Labute approximate surface area is 370 Å². The lowest BCUT2D eigenvalue weighted by Crippen LogP contribution is -2.15. The van der Waals surface area contributed by atoms with Crippen molar-refractivity contribution in [1.29, 1.82) is 0 Å². The molecule has 0 atom stereocenters. The van der Waals surface area contributed by atoms with Crippen LogP contribution < -0.4 is 0 Å². The highest BCUT2D eigenvalue weighted by molar-refractivity contribution is 6.12. The van der Waals surface area contributed by atoms with Crippen LogP contribution in [0.3, 0.4) is 0 Å². The zero-order valence-electron chi connectivity index (χ0n) is 35.2. The molecule has 302 valence electrons. The number of hydrogen-bond acceptors (Lipinski definition) is 6. The second-order valence-corrected chi connectivity index (χ2v) is 16.9. The van der Waals surface area contributed by atoms with Gasteiger partial charge < -0.3 is 4.57 Å². The van der Waals surface area contributed by atoms with Crippen LogP contribution in [0.1, 0.15) is 25.0 Å². The molecule has 7 heteroatoms. The summed E-state index contributed by atoms with van der Waals surface area (Å²) < 4.78 is 2.46. The van der Waals surface area contributed by atoms with Crippen molar-refractivity contribution < 1.29 is 0 Å².